The summed E-state index contributed by atoms with van der Waals surface area (Å²) in [5, 5.41) is 0.836. The average Bonchev–Trinajstić information content (AvgIpc) is 2.89. The summed E-state index contributed by atoms with van der Waals surface area (Å²) in [4.78, 5) is 12.9. The van der Waals surface area contributed by atoms with Crippen LogP contribution in [-0.2, 0) is 0 Å². The zero-order chi connectivity index (χ0) is 15.1. The molecule has 0 amide bonds. The van der Waals surface area contributed by atoms with E-state index in [4.69, 9.17) is 0 Å². The number of ketones is 1. The molecule has 2 aromatic rings. The van der Waals surface area contributed by atoms with Crippen molar-refractivity contribution in [2.45, 2.75) is 58.3 Å². The lowest BCUT2D eigenvalue weighted by molar-refractivity contribution is 0.0983. The maximum absolute atomic E-state index is 13.1. The second-order valence-corrected chi connectivity index (χ2v) is 6.67. The van der Waals surface area contributed by atoms with Gasteiger partial charge in [0.2, 0.25) is 0 Å². The molecule has 21 heavy (non-hydrogen) atoms. The van der Waals surface area contributed by atoms with Crippen LogP contribution >= 0.6 is 11.3 Å². The van der Waals surface area contributed by atoms with Gasteiger partial charge in [0.1, 0.15) is 5.82 Å². The Hall–Kier alpha value is -1.22. The molecule has 0 saturated heterocycles. The minimum absolute atomic E-state index is 0.199. The molecular formula is C18H23FOS. The first kappa shape index (κ1) is 16.2. The molecule has 0 saturated carbocycles. The van der Waals surface area contributed by atoms with Crippen molar-refractivity contribution in [2.24, 2.45) is 0 Å². The zero-order valence-electron chi connectivity index (χ0n) is 12.7. The molecule has 0 aliphatic carbocycles. The highest BCUT2D eigenvalue weighted by Crippen LogP contribution is 2.27. The van der Waals surface area contributed by atoms with Crippen molar-refractivity contribution in [1.82, 2.24) is 0 Å². The summed E-state index contributed by atoms with van der Waals surface area (Å²) >= 11 is 1.47. The first-order valence-electron chi connectivity index (χ1n) is 7.93. The summed E-state index contributed by atoms with van der Waals surface area (Å²) in [6, 6.07) is 6.52. The van der Waals surface area contributed by atoms with Crippen LogP contribution in [0, 0.1) is 5.82 Å². The van der Waals surface area contributed by atoms with E-state index < -0.39 is 0 Å². The summed E-state index contributed by atoms with van der Waals surface area (Å²) in [5.41, 5.74) is 0. The van der Waals surface area contributed by atoms with Gasteiger partial charge in [0.25, 0.3) is 0 Å². The Kier molecular flexibility index (Phi) is 6.37. The number of hydrogen-bond donors (Lipinski definition) is 0. The number of halogens is 1. The molecule has 0 spiro atoms. The molecule has 0 unspecified atom stereocenters. The van der Waals surface area contributed by atoms with Crippen molar-refractivity contribution in [3.05, 3.63) is 35.0 Å². The van der Waals surface area contributed by atoms with Crippen LogP contribution < -0.4 is 0 Å². The van der Waals surface area contributed by atoms with Crippen LogP contribution in [0.2, 0.25) is 0 Å². The minimum Gasteiger partial charge on any atom is -0.293 e. The van der Waals surface area contributed by atoms with Crippen LogP contribution in [0.15, 0.2) is 24.3 Å². The van der Waals surface area contributed by atoms with E-state index in [9.17, 15) is 9.18 Å². The van der Waals surface area contributed by atoms with E-state index >= 15 is 0 Å². The standard InChI is InChI=1S/C18H23FOS/c1-2-3-4-5-6-7-8-9-16(20)18-13-14-12-15(19)10-11-17(14)21-18/h10-13H,2-9H2,1H3. The molecule has 1 heterocycles. The number of carbonyl (C=O) groups excluding carboxylic acids is 1. The largest absolute Gasteiger partial charge is 0.293 e. The molecule has 3 heteroatoms. The van der Waals surface area contributed by atoms with E-state index in [1.54, 1.807) is 6.07 Å². The van der Waals surface area contributed by atoms with Gasteiger partial charge < -0.3 is 0 Å². The normalized spacial score (nSPS) is 11.1. The van der Waals surface area contributed by atoms with Crippen LogP contribution in [0.1, 0.15) is 68.0 Å². The van der Waals surface area contributed by atoms with Gasteiger partial charge in [0.05, 0.1) is 4.88 Å². The third-order valence-corrected chi connectivity index (χ3v) is 4.92. The van der Waals surface area contributed by atoms with Crippen molar-refractivity contribution in [3.63, 3.8) is 0 Å². The highest BCUT2D eigenvalue weighted by Gasteiger charge is 2.10. The molecule has 0 radical (unpaired) electrons. The number of hydrogen-bond acceptors (Lipinski definition) is 2. The summed E-state index contributed by atoms with van der Waals surface area (Å²) in [6.07, 6.45) is 9.12. The molecule has 1 aromatic heterocycles. The predicted molar refractivity (Wildman–Crippen MR) is 88.7 cm³/mol. The molecule has 0 bridgehead atoms. The molecule has 1 nitrogen and oxygen atoms in total. The molecule has 0 aliphatic heterocycles. The average molecular weight is 306 g/mol. The Labute approximate surface area is 130 Å². The number of Topliss-reactive ketones (excluding diaryl/α,β-unsaturated/α-hetero) is 1. The molecule has 0 N–H and O–H groups in total. The van der Waals surface area contributed by atoms with Gasteiger partial charge in [0.15, 0.2) is 5.78 Å². The molecule has 1 aromatic carbocycles. The van der Waals surface area contributed by atoms with Gasteiger partial charge in [0, 0.05) is 11.1 Å². The smallest absolute Gasteiger partial charge is 0.172 e. The van der Waals surface area contributed by atoms with E-state index in [1.807, 2.05) is 6.07 Å². The summed E-state index contributed by atoms with van der Waals surface area (Å²) < 4.78 is 14.1. The fourth-order valence-electron chi connectivity index (χ4n) is 2.52. The summed E-state index contributed by atoms with van der Waals surface area (Å²) in [6.45, 7) is 2.22. The van der Waals surface area contributed by atoms with Gasteiger partial charge >= 0.3 is 0 Å². The summed E-state index contributed by atoms with van der Waals surface area (Å²) in [5.74, 6) is -0.0449. The van der Waals surface area contributed by atoms with E-state index in [2.05, 4.69) is 6.92 Å². The van der Waals surface area contributed by atoms with Crippen LogP contribution in [0.5, 0.6) is 0 Å². The number of unbranched alkanes of at least 4 members (excludes halogenated alkanes) is 6. The number of fused-ring (bicyclic) bond motifs is 1. The molecule has 0 aliphatic rings. The fraction of sp³-hybridized carbons (Fsp3) is 0.500. The van der Waals surface area contributed by atoms with Crippen LogP contribution in [0.4, 0.5) is 4.39 Å². The van der Waals surface area contributed by atoms with Crippen LogP contribution in [0.25, 0.3) is 10.1 Å². The second-order valence-electron chi connectivity index (χ2n) is 5.59. The van der Waals surface area contributed by atoms with Gasteiger partial charge in [-0.3, -0.25) is 4.79 Å². The van der Waals surface area contributed by atoms with Gasteiger partial charge in [-0.25, -0.2) is 4.39 Å². The monoisotopic (exact) mass is 306 g/mol. The first-order valence-corrected chi connectivity index (χ1v) is 8.74. The molecule has 0 fully saturated rings. The number of carbonyl (C=O) groups is 1. The number of thiophene rings is 1. The maximum atomic E-state index is 13.1. The van der Waals surface area contributed by atoms with Crippen LogP contribution in [0.3, 0.4) is 0 Å². The van der Waals surface area contributed by atoms with Gasteiger partial charge in [-0.05, 0) is 36.1 Å². The Morgan fingerprint density at radius 1 is 1.05 bits per heavy atom. The number of benzene rings is 1. The van der Waals surface area contributed by atoms with E-state index in [-0.39, 0.29) is 11.6 Å². The minimum atomic E-state index is -0.244. The van der Waals surface area contributed by atoms with E-state index in [0.717, 1.165) is 27.8 Å². The summed E-state index contributed by atoms with van der Waals surface area (Å²) in [7, 11) is 0. The Balaban J connectivity index is 1.77. The van der Waals surface area contributed by atoms with Gasteiger partial charge in [-0.15, -0.1) is 11.3 Å². The predicted octanol–water partition coefficient (Wildman–Crippen LogP) is 6.36. The third-order valence-electron chi connectivity index (χ3n) is 3.76. The molecular weight excluding hydrogens is 283 g/mol. The lowest BCUT2D eigenvalue weighted by atomic mass is 10.1. The Morgan fingerprint density at radius 2 is 1.76 bits per heavy atom. The molecule has 0 atom stereocenters. The lowest BCUT2D eigenvalue weighted by Gasteiger charge is -2.00. The molecule has 114 valence electrons. The van der Waals surface area contributed by atoms with Crippen LogP contribution in [-0.4, -0.2) is 5.78 Å². The fourth-order valence-corrected chi connectivity index (χ4v) is 3.53. The Bertz CT molecular complexity index is 588. The first-order chi connectivity index (χ1) is 10.2. The number of rotatable bonds is 9. The highest BCUT2D eigenvalue weighted by molar-refractivity contribution is 7.20. The van der Waals surface area contributed by atoms with Gasteiger partial charge in [-0.2, -0.15) is 0 Å². The Morgan fingerprint density at radius 3 is 2.52 bits per heavy atom. The van der Waals surface area contributed by atoms with Crippen molar-refractivity contribution < 1.29 is 9.18 Å². The van der Waals surface area contributed by atoms with Crippen molar-refractivity contribution >= 4 is 27.2 Å². The van der Waals surface area contributed by atoms with Crippen molar-refractivity contribution in [3.8, 4) is 0 Å². The van der Waals surface area contributed by atoms with Crippen molar-refractivity contribution in [2.75, 3.05) is 0 Å². The second kappa shape index (κ2) is 8.28. The SMILES string of the molecule is CCCCCCCCCC(=O)c1cc2cc(F)ccc2s1. The van der Waals surface area contributed by atoms with E-state index in [1.165, 1.54) is 55.6 Å². The quantitative estimate of drug-likeness (QED) is 0.389. The van der Waals surface area contributed by atoms with E-state index in [0.29, 0.717) is 6.42 Å². The maximum Gasteiger partial charge on any atom is 0.172 e. The van der Waals surface area contributed by atoms with Crippen molar-refractivity contribution in [1.29, 1.82) is 0 Å². The third kappa shape index (κ3) is 4.92. The molecule has 2 rings (SSSR count). The topological polar surface area (TPSA) is 17.1 Å². The lowest BCUT2D eigenvalue weighted by Crippen LogP contribution is -1.95. The van der Waals surface area contributed by atoms with Gasteiger partial charge in [-0.1, -0.05) is 45.4 Å². The highest BCUT2D eigenvalue weighted by atomic mass is 32.1. The zero-order valence-corrected chi connectivity index (χ0v) is 13.5.